The molecule has 128 valence electrons. The van der Waals surface area contributed by atoms with Crippen molar-refractivity contribution in [1.29, 1.82) is 0 Å². The third-order valence-corrected chi connectivity index (χ3v) is 4.77. The molecule has 0 aliphatic rings. The van der Waals surface area contributed by atoms with Crippen LogP contribution in [0.25, 0.3) is 0 Å². The van der Waals surface area contributed by atoms with E-state index in [0.29, 0.717) is 26.5 Å². The number of aromatic nitrogens is 2. The predicted molar refractivity (Wildman–Crippen MR) is 100 cm³/mol. The van der Waals surface area contributed by atoms with Crippen molar-refractivity contribution < 1.29 is 4.79 Å². The zero-order chi connectivity index (χ0) is 18.0. The molecular formula is C18H14Cl3N3O. The van der Waals surface area contributed by atoms with Crippen molar-refractivity contribution in [1.82, 2.24) is 14.9 Å². The first-order chi connectivity index (χ1) is 12.0. The maximum atomic E-state index is 12.7. The van der Waals surface area contributed by atoms with Gasteiger partial charge in [-0.3, -0.25) is 4.79 Å². The fourth-order valence-electron chi connectivity index (χ4n) is 2.46. The number of nitrogens with zero attached hydrogens (tertiary/aromatic N) is 2. The number of carbonyl (C=O) groups excluding carboxylic acids is 1. The number of halogens is 3. The molecule has 25 heavy (non-hydrogen) atoms. The number of hydrogen-bond acceptors (Lipinski definition) is 2. The lowest BCUT2D eigenvalue weighted by molar-refractivity contribution is 0.0941. The summed E-state index contributed by atoms with van der Waals surface area (Å²) in [6.07, 6.45) is 3.51. The van der Waals surface area contributed by atoms with Crippen LogP contribution in [0.3, 0.4) is 0 Å². The first-order valence-electron chi connectivity index (χ1n) is 7.44. The molecule has 1 atom stereocenters. The first-order valence-corrected chi connectivity index (χ1v) is 8.57. The smallest absolute Gasteiger partial charge is 0.252 e. The molecule has 1 aromatic heterocycles. The van der Waals surface area contributed by atoms with Gasteiger partial charge < -0.3 is 9.88 Å². The van der Waals surface area contributed by atoms with E-state index in [9.17, 15) is 4.79 Å². The Bertz CT molecular complexity index is 906. The maximum absolute atomic E-state index is 12.7. The van der Waals surface area contributed by atoms with Crippen molar-refractivity contribution in [3.05, 3.63) is 86.9 Å². The van der Waals surface area contributed by atoms with E-state index < -0.39 is 6.04 Å². The van der Waals surface area contributed by atoms with Crippen molar-refractivity contribution in [2.45, 2.75) is 6.04 Å². The molecule has 0 fully saturated rings. The minimum Gasteiger partial charge on any atom is -0.338 e. The van der Waals surface area contributed by atoms with Gasteiger partial charge in [-0.1, -0.05) is 46.9 Å². The number of benzene rings is 2. The minimum atomic E-state index is -0.431. The molecule has 0 bridgehead atoms. The second-order valence-corrected chi connectivity index (χ2v) is 6.73. The minimum absolute atomic E-state index is 0.276. The molecule has 4 nitrogen and oxygen atoms in total. The van der Waals surface area contributed by atoms with Crippen molar-refractivity contribution >= 4 is 40.7 Å². The summed E-state index contributed by atoms with van der Waals surface area (Å²) in [5.74, 6) is 0.428. The summed E-state index contributed by atoms with van der Waals surface area (Å²) >= 11 is 17.9. The van der Waals surface area contributed by atoms with Gasteiger partial charge in [-0.15, -0.1) is 0 Å². The third-order valence-electron chi connectivity index (χ3n) is 3.78. The van der Waals surface area contributed by atoms with Crippen LogP contribution < -0.4 is 5.32 Å². The van der Waals surface area contributed by atoms with Crippen molar-refractivity contribution in [2.24, 2.45) is 7.05 Å². The quantitative estimate of drug-likeness (QED) is 0.684. The highest BCUT2D eigenvalue weighted by Gasteiger charge is 2.21. The molecule has 0 aliphatic heterocycles. The van der Waals surface area contributed by atoms with Gasteiger partial charge >= 0.3 is 0 Å². The van der Waals surface area contributed by atoms with Crippen LogP contribution in [0, 0.1) is 0 Å². The molecule has 0 radical (unpaired) electrons. The summed E-state index contributed by atoms with van der Waals surface area (Å²) in [6, 6.07) is 11.6. The van der Waals surface area contributed by atoms with Gasteiger partial charge in [0.15, 0.2) is 0 Å². The Kier molecular flexibility index (Phi) is 5.33. The number of rotatable bonds is 4. The van der Waals surface area contributed by atoms with Gasteiger partial charge in [0.1, 0.15) is 11.9 Å². The molecule has 0 unspecified atom stereocenters. The fourth-order valence-corrected chi connectivity index (χ4v) is 2.88. The summed E-state index contributed by atoms with van der Waals surface area (Å²) in [6.45, 7) is 0. The number of hydrogen-bond donors (Lipinski definition) is 1. The highest BCUT2D eigenvalue weighted by atomic mass is 35.5. The monoisotopic (exact) mass is 393 g/mol. The second-order valence-electron chi connectivity index (χ2n) is 5.48. The Hall–Kier alpha value is -2.01. The highest BCUT2D eigenvalue weighted by molar-refractivity contribution is 6.42. The van der Waals surface area contributed by atoms with Crippen LogP contribution in [0.4, 0.5) is 0 Å². The Morgan fingerprint density at radius 3 is 2.40 bits per heavy atom. The first kappa shape index (κ1) is 17.8. The average molecular weight is 395 g/mol. The molecule has 2 aromatic carbocycles. The molecule has 1 amide bonds. The van der Waals surface area contributed by atoms with E-state index in [1.807, 2.05) is 29.9 Å². The van der Waals surface area contributed by atoms with Gasteiger partial charge in [0.05, 0.1) is 10.0 Å². The number of amides is 1. The van der Waals surface area contributed by atoms with Gasteiger partial charge in [-0.2, -0.15) is 0 Å². The predicted octanol–water partition coefficient (Wildman–Crippen LogP) is 4.90. The van der Waals surface area contributed by atoms with E-state index >= 15 is 0 Å². The van der Waals surface area contributed by atoms with Gasteiger partial charge in [-0.25, -0.2) is 4.98 Å². The van der Waals surface area contributed by atoms with Crippen LogP contribution in [0.2, 0.25) is 15.1 Å². The molecular weight excluding hydrogens is 381 g/mol. The largest absolute Gasteiger partial charge is 0.338 e. The van der Waals surface area contributed by atoms with Crippen LogP contribution in [0.15, 0.2) is 54.9 Å². The zero-order valence-electron chi connectivity index (χ0n) is 13.2. The standard InChI is InChI=1S/C18H14Cl3N3O/c1-24-9-8-22-17(24)16(11-2-5-13(19)6-3-11)23-18(25)12-4-7-14(20)15(21)10-12/h2-10,16H,1H3,(H,23,25)/t16-/m1/s1. The number of aryl methyl sites for hydroxylation is 1. The maximum Gasteiger partial charge on any atom is 0.252 e. The fraction of sp³-hybridized carbons (Fsp3) is 0.111. The van der Waals surface area contributed by atoms with E-state index in [4.69, 9.17) is 34.8 Å². The Morgan fingerprint density at radius 1 is 1.08 bits per heavy atom. The van der Waals surface area contributed by atoms with Crippen LogP contribution in [-0.4, -0.2) is 15.5 Å². The van der Waals surface area contributed by atoms with Gasteiger partial charge in [0.25, 0.3) is 5.91 Å². The molecule has 0 aliphatic carbocycles. The van der Waals surface area contributed by atoms with E-state index in [0.717, 1.165) is 5.56 Å². The summed E-state index contributed by atoms with van der Waals surface area (Å²) < 4.78 is 1.86. The van der Waals surface area contributed by atoms with E-state index in [1.54, 1.807) is 30.5 Å². The third kappa shape index (κ3) is 3.98. The SMILES string of the molecule is Cn1ccnc1[C@H](NC(=O)c1ccc(Cl)c(Cl)c1)c1ccc(Cl)cc1. The van der Waals surface area contributed by atoms with E-state index in [2.05, 4.69) is 10.3 Å². The number of imidazole rings is 1. The van der Waals surface area contributed by atoms with Crippen LogP contribution in [0.1, 0.15) is 27.8 Å². The second kappa shape index (κ2) is 7.48. The summed E-state index contributed by atoms with van der Waals surface area (Å²) in [5.41, 5.74) is 1.29. The zero-order valence-corrected chi connectivity index (χ0v) is 15.5. The lowest BCUT2D eigenvalue weighted by atomic mass is 10.1. The lowest BCUT2D eigenvalue weighted by Crippen LogP contribution is -2.31. The van der Waals surface area contributed by atoms with Crippen molar-refractivity contribution in [3.63, 3.8) is 0 Å². The number of nitrogens with one attached hydrogen (secondary N) is 1. The molecule has 1 heterocycles. The molecule has 3 aromatic rings. The molecule has 3 rings (SSSR count). The molecule has 0 spiro atoms. The van der Waals surface area contributed by atoms with Crippen LogP contribution in [0.5, 0.6) is 0 Å². The van der Waals surface area contributed by atoms with Crippen molar-refractivity contribution in [3.8, 4) is 0 Å². The van der Waals surface area contributed by atoms with E-state index in [1.165, 1.54) is 6.07 Å². The van der Waals surface area contributed by atoms with Gasteiger partial charge in [-0.05, 0) is 35.9 Å². The molecule has 1 N–H and O–H groups in total. The summed E-state index contributed by atoms with van der Waals surface area (Å²) in [5, 5.41) is 4.34. The topological polar surface area (TPSA) is 46.9 Å². The Labute approximate surface area is 160 Å². The normalized spacial score (nSPS) is 12.0. The lowest BCUT2D eigenvalue weighted by Gasteiger charge is -2.19. The number of carbonyl (C=O) groups is 1. The summed E-state index contributed by atoms with van der Waals surface area (Å²) in [4.78, 5) is 17.1. The van der Waals surface area contributed by atoms with Crippen LogP contribution in [-0.2, 0) is 7.05 Å². The van der Waals surface area contributed by atoms with Gasteiger partial charge in [0.2, 0.25) is 0 Å². The Morgan fingerprint density at radius 2 is 1.80 bits per heavy atom. The van der Waals surface area contributed by atoms with Crippen LogP contribution >= 0.6 is 34.8 Å². The highest BCUT2D eigenvalue weighted by Crippen LogP contribution is 2.25. The van der Waals surface area contributed by atoms with E-state index in [-0.39, 0.29) is 5.91 Å². The average Bonchev–Trinajstić information content (AvgIpc) is 3.01. The van der Waals surface area contributed by atoms with Crippen molar-refractivity contribution in [2.75, 3.05) is 0 Å². The summed E-state index contributed by atoms with van der Waals surface area (Å²) in [7, 11) is 1.87. The molecule has 0 saturated heterocycles. The molecule has 0 saturated carbocycles. The van der Waals surface area contributed by atoms with Gasteiger partial charge in [0, 0.05) is 30.0 Å². The molecule has 7 heteroatoms. The Balaban J connectivity index is 1.94.